The number of amides is 2. The van der Waals surface area contributed by atoms with Crippen molar-refractivity contribution >= 4 is 23.2 Å². The molecule has 1 unspecified atom stereocenters. The monoisotopic (exact) mass is 442 g/mol. The Kier molecular flexibility index (Phi) is 6.99. The molecule has 0 radical (unpaired) electrons. The van der Waals surface area contributed by atoms with Crippen LogP contribution in [0.2, 0.25) is 0 Å². The molecule has 0 aliphatic rings. The van der Waals surface area contributed by atoms with Crippen molar-refractivity contribution in [1.29, 1.82) is 0 Å². The standard InChI is InChI=1S/C25H22N4O2S/c30-23(27-16-24-28-22(17-32-24)19-11-13-26-14-12-19)15-21(18-7-3-1-4-8-18)29-25(31)20-9-5-2-6-10-20/h1-14,17,21H,15-16H2,(H,27,30)(H,29,31). The largest absolute Gasteiger partial charge is 0.350 e. The molecule has 0 spiro atoms. The maximum atomic E-state index is 12.7. The fourth-order valence-electron chi connectivity index (χ4n) is 3.25. The number of carbonyl (C=O) groups is 2. The molecule has 0 bridgehead atoms. The van der Waals surface area contributed by atoms with Crippen LogP contribution >= 0.6 is 11.3 Å². The smallest absolute Gasteiger partial charge is 0.251 e. The summed E-state index contributed by atoms with van der Waals surface area (Å²) in [5, 5.41) is 8.68. The predicted octanol–water partition coefficient (Wildman–Crippen LogP) is 4.38. The van der Waals surface area contributed by atoms with Gasteiger partial charge < -0.3 is 10.6 Å². The SMILES string of the molecule is O=C(CC(NC(=O)c1ccccc1)c1ccccc1)NCc1nc(-c2ccncc2)cs1. The van der Waals surface area contributed by atoms with E-state index in [1.165, 1.54) is 11.3 Å². The van der Waals surface area contributed by atoms with Crippen LogP contribution < -0.4 is 10.6 Å². The summed E-state index contributed by atoms with van der Waals surface area (Å²) in [6, 6.07) is 21.9. The number of aromatic nitrogens is 2. The van der Waals surface area contributed by atoms with Gasteiger partial charge in [-0.15, -0.1) is 11.3 Å². The topological polar surface area (TPSA) is 84.0 Å². The summed E-state index contributed by atoms with van der Waals surface area (Å²) in [7, 11) is 0. The number of hydrogen-bond donors (Lipinski definition) is 2. The average molecular weight is 443 g/mol. The number of nitrogens with zero attached hydrogens (tertiary/aromatic N) is 2. The summed E-state index contributed by atoms with van der Waals surface area (Å²) in [5.41, 5.74) is 3.28. The van der Waals surface area contributed by atoms with Crippen molar-refractivity contribution in [1.82, 2.24) is 20.6 Å². The van der Waals surface area contributed by atoms with Crippen LogP contribution in [-0.2, 0) is 11.3 Å². The molecule has 4 aromatic rings. The number of hydrogen-bond acceptors (Lipinski definition) is 5. The Bertz CT molecular complexity index is 1160. The minimum Gasteiger partial charge on any atom is -0.350 e. The van der Waals surface area contributed by atoms with Gasteiger partial charge in [0, 0.05) is 28.9 Å². The lowest BCUT2D eigenvalue weighted by molar-refractivity contribution is -0.121. The first-order chi connectivity index (χ1) is 15.7. The van der Waals surface area contributed by atoms with Crippen molar-refractivity contribution in [3.63, 3.8) is 0 Å². The van der Waals surface area contributed by atoms with Gasteiger partial charge in [-0.1, -0.05) is 48.5 Å². The number of benzene rings is 2. The fourth-order valence-corrected chi connectivity index (χ4v) is 3.99. The van der Waals surface area contributed by atoms with E-state index < -0.39 is 6.04 Å². The summed E-state index contributed by atoms with van der Waals surface area (Å²) in [5.74, 6) is -0.373. The van der Waals surface area contributed by atoms with Gasteiger partial charge in [0.2, 0.25) is 5.91 Å². The second-order valence-electron chi connectivity index (χ2n) is 7.15. The van der Waals surface area contributed by atoms with Crippen LogP contribution in [0.25, 0.3) is 11.3 Å². The zero-order chi connectivity index (χ0) is 22.2. The molecule has 2 heterocycles. The minimum absolute atomic E-state index is 0.130. The van der Waals surface area contributed by atoms with E-state index in [1.807, 2.05) is 66.0 Å². The molecule has 160 valence electrons. The Morgan fingerprint density at radius 2 is 1.59 bits per heavy atom. The van der Waals surface area contributed by atoms with Gasteiger partial charge in [0.25, 0.3) is 5.91 Å². The maximum absolute atomic E-state index is 12.7. The Morgan fingerprint density at radius 3 is 2.31 bits per heavy atom. The van der Waals surface area contributed by atoms with Crippen LogP contribution in [0.4, 0.5) is 0 Å². The number of thiazole rings is 1. The van der Waals surface area contributed by atoms with Crippen LogP contribution in [0.5, 0.6) is 0 Å². The van der Waals surface area contributed by atoms with Crippen molar-refractivity contribution in [2.45, 2.75) is 19.0 Å². The van der Waals surface area contributed by atoms with Crippen molar-refractivity contribution < 1.29 is 9.59 Å². The maximum Gasteiger partial charge on any atom is 0.251 e. The first-order valence-corrected chi connectivity index (χ1v) is 11.1. The predicted molar refractivity (Wildman–Crippen MR) is 125 cm³/mol. The summed E-state index contributed by atoms with van der Waals surface area (Å²) >= 11 is 1.49. The molecule has 0 aliphatic heterocycles. The molecular weight excluding hydrogens is 420 g/mol. The fraction of sp³-hybridized carbons (Fsp3) is 0.120. The third kappa shape index (κ3) is 5.65. The lowest BCUT2D eigenvalue weighted by atomic mass is 10.0. The number of pyridine rings is 1. The van der Waals surface area contributed by atoms with E-state index >= 15 is 0 Å². The Labute approximate surface area is 190 Å². The highest BCUT2D eigenvalue weighted by Crippen LogP contribution is 2.21. The summed E-state index contributed by atoms with van der Waals surface area (Å²) < 4.78 is 0. The molecule has 0 fully saturated rings. The molecule has 2 amide bonds. The second-order valence-corrected chi connectivity index (χ2v) is 8.09. The normalized spacial score (nSPS) is 11.5. The van der Waals surface area contributed by atoms with Crippen LogP contribution in [0.3, 0.4) is 0 Å². The zero-order valence-corrected chi connectivity index (χ0v) is 18.1. The highest BCUT2D eigenvalue weighted by molar-refractivity contribution is 7.09. The number of rotatable bonds is 8. The van der Waals surface area contributed by atoms with Crippen LogP contribution in [0.1, 0.15) is 33.4 Å². The average Bonchev–Trinajstić information content (AvgIpc) is 3.33. The number of nitrogens with one attached hydrogen (secondary N) is 2. The Hall–Kier alpha value is -3.84. The van der Waals surface area contributed by atoms with Crippen molar-refractivity contribution in [2.24, 2.45) is 0 Å². The molecule has 6 nitrogen and oxygen atoms in total. The zero-order valence-electron chi connectivity index (χ0n) is 17.3. The van der Waals surface area contributed by atoms with E-state index in [4.69, 9.17) is 0 Å². The van der Waals surface area contributed by atoms with E-state index in [-0.39, 0.29) is 18.2 Å². The second kappa shape index (κ2) is 10.5. The van der Waals surface area contributed by atoms with E-state index in [1.54, 1.807) is 24.5 Å². The van der Waals surface area contributed by atoms with Gasteiger partial charge in [0.1, 0.15) is 5.01 Å². The molecule has 0 saturated carbocycles. The van der Waals surface area contributed by atoms with Gasteiger partial charge in [0.05, 0.1) is 24.7 Å². The molecule has 2 aromatic heterocycles. The van der Waals surface area contributed by atoms with E-state index in [2.05, 4.69) is 20.6 Å². The molecule has 7 heteroatoms. The van der Waals surface area contributed by atoms with Crippen LogP contribution in [0.15, 0.2) is 90.6 Å². The first kappa shape index (κ1) is 21.4. The summed E-state index contributed by atoms with van der Waals surface area (Å²) in [6.45, 7) is 0.336. The van der Waals surface area contributed by atoms with Crippen molar-refractivity contribution in [2.75, 3.05) is 0 Å². The quantitative estimate of drug-likeness (QED) is 0.424. The van der Waals surface area contributed by atoms with Gasteiger partial charge in [-0.05, 0) is 29.8 Å². The molecule has 4 rings (SSSR count). The van der Waals surface area contributed by atoms with E-state index in [9.17, 15) is 9.59 Å². The lowest BCUT2D eigenvalue weighted by Crippen LogP contribution is -2.33. The van der Waals surface area contributed by atoms with Crippen LogP contribution in [-0.4, -0.2) is 21.8 Å². The Morgan fingerprint density at radius 1 is 0.906 bits per heavy atom. The molecule has 32 heavy (non-hydrogen) atoms. The molecular formula is C25H22N4O2S. The molecule has 2 aromatic carbocycles. The Balaban J connectivity index is 1.39. The minimum atomic E-state index is -0.437. The molecule has 2 N–H and O–H groups in total. The van der Waals surface area contributed by atoms with E-state index in [0.29, 0.717) is 12.1 Å². The third-order valence-electron chi connectivity index (χ3n) is 4.90. The van der Waals surface area contributed by atoms with Crippen LogP contribution in [0, 0.1) is 0 Å². The molecule has 0 aliphatic carbocycles. The third-order valence-corrected chi connectivity index (χ3v) is 5.75. The highest BCUT2D eigenvalue weighted by Gasteiger charge is 2.19. The van der Waals surface area contributed by atoms with Gasteiger partial charge in [0.15, 0.2) is 0 Å². The molecule has 0 saturated heterocycles. The summed E-state index contributed by atoms with van der Waals surface area (Å²) in [6.07, 6.45) is 3.58. The van der Waals surface area contributed by atoms with E-state index in [0.717, 1.165) is 21.8 Å². The molecule has 1 atom stereocenters. The van der Waals surface area contributed by atoms with Gasteiger partial charge in [-0.3, -0.25) is 14.6 Å². The highest BCUT2D eigenvalue weighted by atomic mass is 32.1. The van der Waals surface area contributed by atoms with Crippen molar-refractivity contribution in [3.05, 3.63) is 107 Å². The van der Waals surface area contributed by atoms with Gasteiger partial charge in [-0.2, -0.15) is 0 Å². The van der Waals surface area contributed by atoms with Gasteiger partial charge >= 0.3 is 0 Å². The summed E-state index contributed by atoms with van der Waals surface area (Å²) in [4.78, 5) is 34.0. The number of carbonyl (C=O) groups excluding carboxylic acids is 2. The van der Waals surface area contributed by atoms with Gasteiger partial charge in [-0.25, -0.2) is 4.98 Å². The van der Waals surface area contributed by atoms with Crippen molar-refractivity contribution in [3.8, 4) is 11.3 Å². The first-order valence-electron chi connectivity index (χ1n) is 10.2. The lowest BCUT2D eigenvalue weighted by Gasteiger charge is -2.19.